The fourth-order valence-corrected chi connectivity index (χ4v) is 3.64. The molecule has 1 aromatic carbocycles. The first-order valence-corrected chi connectivity index (χ1v) is 8.38. The lowest BCUT2D eigenvalue weighted by atomic mass is 9.84. The number of benzene rings is 1. The van der Waals surface area contributed by atoms with Gasteiger partial charge < -0.3 is 15.1 Å². The third-order valence-electron chi connectivity index (χ3n) is 5.06. The third-order valence-corrected chi connectivity index (χ3v) is 5.06. The number of aliphatic hydroxyl groups is 1. The molecule has 24 heavy (non-hydrogen) atoms. The lowest BCUT2D eigenvalue weighted by molar-refractivity contribution is -0.0961. The number of hydrogen-bond donors (Lipinski definition) is 2. The first-order valence-electron chi connectivity index (χ1n) is 8.38. The normalized spacial score (nSPS) is 26.9. The van der Waals surface area contributed by atoms with Crippen molar-refractivity contribution in [1.82, 2.24) is 4.90 Å². The molecule has 1 fully saturated rings. The molecule has 1 saturated heterocycles. The van der Waals surface area contributed by atoms with Gasteiger partial charge in [0.25, 0.3) is 0 Å². The van der Waals surface area contributed by atoms with Crippen LogP contribution in [0.25, 0.3) is 0 Å². The molecule has 2 aliphatic heterocycles. The third kappa shape index (κ3) is 3.28. The molecule has 0 spiro atoms. The van der Waals surface area contributed by atoms with Crippen LogP contribution in [0.2, 0.25) is 0 Å². The number of rotatable bonds is 2. The molecule has 3 rings (SSSR count). The van der Waals surface area contributed by atoms with E-state index in [4.69, 9.17) is 9.94 Å². The van der Waals surface area contributed by atoms with Crippen LogP contribution in [0.5, 0.6) is 5.75 Å². The summed E-state index contributed by atoms with van der Waals surface area (Å²) in [4.78, 5) is 2.37. The van der Waals surface area contributed by atoms with Crippen LogP contribution in [0, 0.1) is 0 Å². The zero-order valence-electron chi connectivity index (χ0n) is 14.1. The maximum absolute atomic E-state index is 10.9. The predicted octanol–water partition coefficient (Wildman–Crippen LogP) is 3.58. The highest BCUT2D eigenvalue weighted by Crippen LogP contribution is 2.44. The van der Waals surface area contributed by atoms with Crippen LogP contribution in [0.15, 0.2) is 23.4 Å². The summed E-state index contributed by atoms with van der Waals surface area (Å²) < 4.78 is 6.04. The topological polar surface area (TPSA) is 65.3 Å². The molecule has 0 amide bonds. The molecule has 0 aromatic heterocycles. The van der Waals surface area contributed by atoms with Crippen molar-refractivity contribution < 1.29 is 15.1 Å². The smallest absolute Gasteiger partial charge is 0.131 e. The molecular weight excluding hydrogens is 304 g/mol. The zero-order valence-corrected chi connectivity index (χ0v) is 14.1. The van der Waals surface area contributed by atoms with Gasteiger partial charge in [-0.05, 0) is 70.5 Å². The van der Waals surface area contributed by atoms with E-state index >= 15 is 0 Å². The van der Waals surface area contributed by atoms with E-state index in [0.29, 0.717) is 5.71 Å². The summed E-state index contributed by atoms with van der Waals surface area (Å²) in [6.45, 7) is 7.63. The number of oxime groups is 1. The Morgan fingerprint density at radius 3 is 2.54 bits per heavy atom. The van der Waals surface area contributed by atoms with Crippen molar-refractivity contribution in [3.05, 3.63) is 29.3 Å². The van der Waals surface area contributed by atoms with Crippen molar-refractivity contribution in [3.63, 3.8) is 0 Å². The fraction of sp³-hybridized carbons (Fsp3) is 0.632. The summed E-state index contributed by atoms with van der Waals surface area (Å²) in [5.74, 6) is 0.811. The molecule has 0 unspecified atom stereocenters. The van der Waals surface area contributed by atoms with Gasteiger partial charge in [-0.1, -0.05) is 19.0 Å². The molecule has 0 bridgehead atoms. The van der Waals surface area contributed by atoms with Crippen molar-refractivity contribution in [3.8, 4) is 5.75 Å². The molecule has 2 atom stereocenters. The van der Waals surface area contributed by atoms with E-state index in [0.717, 1.165) is 42.8 Å². The van der Waals surface area contributed by atoms with Gasteiger partial charge in [0.05, 0.1) is 11.8 Å². The summed E-state index contributed by atoms with van der Waals surface area (Å²) in [5, 5.41) is 23.3. The van der Waals surface area contributed by atoms with Gasteiger partial charge in [-0.25, -0.2) is 0 Å². The number of fused-ring (bicyclic) bond motifs is 1. The van der Waals surface area contributed by atoms with Crippen LogP contribution in [-0.4, -0.2) is 45.7 Å². The van der Waals surface area contributed by atoms with Gasteiger partial charge in [0.15, 0.2) is 0 Å². The quantitative estimate of drug-likeness (QED) is 0.493. The number of hydrogen-bond acceptors (Lipinski definition) is 5. The lowest BCUT2D eigenvalue weighted by Gasteiger charge is -2.47. The molecule has 134 valence electrons. The average molecular weight is 334 g/mol. The SMILES string of the molecule is C.C/C(=N\O)c1ccc2c(c1)[C@@H](N1CCCCC1)[C@H](O)C(C)(C)O2. The second kappa shape index (κ2) is 7.11. The van der Waals surface area contributed by atoms with Crippen molar-refractivity contribution in [2.24, 2.45) is 5.16 Å². The molecule has 0 aliphatic carbocycles. The minimum atomic E-state index is -0.628. The highest BCUT2D eigenvalue weighted by molar-refractivity contribution is 5.98. The molecule has 2 heterocycles. The first-order chi connectivity index (χ1) is 10.9. The predicted molar refractivity (Wildman–Crippen MR) is 96.0 cm³/mol. The fourth-order valence-electron chi connectivity index (χ4n) is 3.64. The largest absolute Gasteiger partial charge is 0.485 e. The average Bonchev–Trinajstić information content (AvgIpc) is 2.55. The van der Waals surface area contributed by atoms with E-state index < -0.39 is 11.7 Å². The molecular formula is C19H30N2O3. The Morgan fingerprint density at radius 1 is 1.25 bits per heavy atom. The maximum Gasteiger partial charge on any atom is 0.131 e. The van der Waals surface area contributed by atoms with E-state index in [9.17, 15) is 5.11 Å². The standard InChI is InChI=1S/C18H26N2O3.CH4/c1-12(19-22)13-7-8-15-14(11-13)16(17(21)18(2,3)23-15)20-9-5-4-6-10-20;/h7-8,11,16-17,21-22H,4-6,9-10H2,1-3H3;1H4/b19-12+;/t16-,17+;/m1./s1. The number of nitrogens with zero attached hydrogens (tertiary/aromatic N) is 2. The summed E-state index contributed by atoms with van der Waals surface area (Å²) in [6, 6.07) is 5.72. The summed E-state index contributed by atoms with van der Waals surface area (Å²) >= 11 is 0. The molecule has 0 saturated carbocycles. The van der Waals surface area contributed by atoms with Crippen LogP contribution >= 0.6 is 0 Å². The van der Waals surface area contributed by atoms with Gasteiger partial charge in [-0.15, -0.1) is 0 Å². The Labute approximate surface area is 144 Å². The van der Waals surface area contributed by atoms with Crippen molar-refractivity contribution in [2.75, 3.05) is 13.1 Å². The monoisotopic (exact) mass is 334 g/mol. The Bertz CT molecular complexity index is 607. The Kier molecular flexibility index (Phi) is 5.56. The molecule has 2 N–H and O–H groups in total. The summed E-state index contributed by atoms with van der Waals surface area (Å²) in [7, 11) is 0. The lowest BCUT2D eigenvalue weighted by Crippen LogP contribution is -2.54. The number of aliphatic hydroxyl groups excluding tert-OH is 1. The van der Waals surface area contributed by atoms with Crippen molar-refractivity contribution in [1.29, 1.82) is 0 Å². The second-order valence-electron chi connectivity index (χ2n) is 7.13. The first kappa shape index (κ1) is 18.7. The van der Waals surface area contributed by atoms with Gasteiger partial charge in [-0.2, -0.15) is 0 Å². The van der Waals surface area contributed by atoms with Crippen LogP contribution in [-0.2, 0) is 0 Å². The Hall–Kier alpha value is -1.59. The van der Waals surface area contributed by atoms with Crippen molar-refractivity contribution in [2.45, 2.75) is 65.2 Å². The van der Waals surface area contributed by atoms with Crippen molar-refractivity contribution >= 4 is 5.71 Å². The van der Waals surface area contributed by atoms with Gasteiger partial charge in [0.1, 0.15) is 17.5 Å². The van der Waals surface area contributed by atoms with Gasteiger partial charge in [-0.3, -0.25) is 4.90 Å². The highest BCUT2D eigenvalue weighted by atomic mass is 16.5. The van der Waals surface area contributed by atoms with Crippen LogP contribution in [0.1, 0.15) is 64.6 Å². The Balaban J connectivity index is 0.00000208. The summed E-state index contributed by atoms with van der Waals surface area (Å²) in [5.41, 5.74) is 1.77. The van der Waals surface area contributed by atoms with E-state index in [-0.39, 0.29) is 13.5 Å². The van der Waals surface area contributed by atoms with Crippen LogP contribution < -0.4 is 4.74 Å². The molecule has 2 aliphatic rings. The van der Waals surface area contributed by atoms with Crippen LogP contribution in [0.3, 0.4) is 0 Å². The number of likely N-dealkylation sites (tertiary alicyclic amines) is 1. The molecule has 1 aromatic rings. The summed E-state index contributed by atoms with van der Waals surface area (Å²) in [6.07, 6.45) is 2.98. The molecule has 5 nitrogen and oxygen atoms in total. The minimum Gasteiger partial charge on any atom is -0.485 e. The van der Waals surface area contributed by atoms with E-state index in [1.54, 1.807) is 6.92 Å². The van der Waals surface area contributed by atoms with Crippen LogP contribution in [0.4, 0.5) is 0 Å². The zero-order chi connectivity index (χ0) is 16.6. The number of piperidine rings is 1. The minimum absolute atomic E-state index is 0. The number of ether oxygens (including phenoxy) is 1. The molecule has 5 heteroatoms. The molecule has 0 radical (unpaired) electrons. The van der Waals surface area contributed by atoms with E-state index in [2.05, 4.69) is 10.1 Å². The van der Waals surface area contributed by atoms with Gasteiger partial charge in [0, 0.05) is 5.56 Å². The maximum atomic E-state index is 10.9. The van der Waals surface area contributed by atoms with Gasteiger partial charge >= 0.3 is 0 Å². The Morgan fingerprint density at radius 2 is 1.92 bits per heavy atom. The van der Waals surface area contributed by atoms with E-state index in [1.165, 1.54) is 6.42 Å². The highest BCUT2D eigenvalue weighted by Gasteiger charge is 2.45. The second-order valence-corrected chi connectivity index (χ2v) is 7.13. The van der Waals surface area contributed by atoms with Gasteiger partial charge in [0.2, 0.25) is 0 Å². The van der Waals surface area contributed by atoms with E-state index in [1.807, 2.05) is 32.0 Å².